The van der Waals surface area contributed by atoms with E-state index >= 15 is 0 Å². The van der Waals surface area contributed by atoms with E-state index < -0.39 is 0 Å². The van der Waals surface area contributed by atoms with Gasteiger partial charge in [-0.3, -0.25) is 0 Å². The van der Waals surface area contributed by atoms with E-state index in [1.54, 1.807) is 0 Å². The van der Waals surface area contributed by atoms with E-state index in [9.17, 15) is 0 Å². The standard InChI is InChI=1S/C14H16N4/c1-6-3-10(16)12-8-5-9(15)7(2)13(17)14(8)18-11(12)4-6/h3-5,18H,15-17H2,1-2H3. The van der Waals surface area contributed by atoms with Gasteiger partial charge in [0.05, 0.1) is 11.2 Å². The number of aromatic nitrogens is 1. The summed E-state index contributed by atoms with van der Waals surface area (Å²) in [6, 6.07) is 5.96. The van der Waals surface area contributed by atoms with Crippen LogP contribution in [0.15, 0.2) is 18.2 Å². The van der Waals surface area contributed by atoms with Crippen molar-refractivity contribution in [2.24, 2.45) is 0 Å². The van der Waals surface area contributed by atoms with Crippen LogP contribution < -0.4 is 17.2 Å². The maximum Gasteiger partial charge on any atom is 0.0703 e. The van der Waals surface area contributed by atoms with E-state index in [1.165, 1.54) is 0 Å². The highest BCUT2D eigenvalue weighted by Gasteiger charge is 2.13. The Balaban J connectivity index is 2.60. The Kier molecular flexibility index (Phi) is 1.99. The highest BCUT2D eigenvalue weighted by atomic mass is 14.8. The Morgan fingerprint density at radius 1 is 0.944 bits per heavy atom. The molecule has 0 unspecified atom stereocenters. The maximum absolute atomic E-state index is 6.12. The van der Waals surface area contributed by atoms with Gasteiger partial charge in [-0.25, -0.2) is 0 Å². The van der Waals surface area contributed by atoms with Gasteiger partial charge in [0.2, 0.25) is 0 Å². The topological polar surface area (TPSA) is 93.8 Å². The van der Waals surface area contributed by atoms with Crippen molar-refractivity contribution in [3.8, 4) is 0 Å². The number of aryl methyl sites for hydroxylation is 1. The van der Waals surface area contributed by atoms with Crippen LogP contribution in [0.25, 0.3) is 21.8 Å². The van der Waals surface area contributed by atoms with Crippen LogP contribution in [-0.2, 0) is 0 Å². The average molecular weight is 240 g/mol. The third-order valence-corrected chi connectivity index (χ3v) is 3.52. The quantitative estimate of drug-likeness (QED) is 0.455. The molecule has 3 aromatic rings. The molecule has 4 heteroatoms. The van der Waals surface area contributed by atoms with Crippen molar-refractivity contribution >= 4 is 38.9 Å². The van der Waals surface area contributed by atoms with Crippen LogP contribution in [0.1, 0.15) is 11.1 Å². The Hall–Kier alpha value is -2.36. The molecule has 0 amide bonds. The first-order chi connectivity index (χ1) is 8.49. The first-order valence-corrected chi connectivity index (χ1v) is 5.85. The van der Waals surface area contributed by atoms with Crippen molar-refractivity contribution in [2.45, 2.75) is 13.8 Å². The predicted octanol–water partition coefficient (Wildman–Crippen LogP) is 2.68. The zero-order valence-electron chi connectivity index (χ0n) is 10.5. The molecule has 0 saturated carbocycles. The number of nitrogen functional groups attached to an aromatic ring is 3. The molecule has 18 heavy (non-hydrogen) atoms. The van der Waals surface area contributed by atoms with Gasteiger partial charge in [0.1, 0.15) is 0 Å². The summed E-state index contributed by atoms with van der Waals surface area (Å²) in [5.74, 6) is 0. The summed E-state index contributed by atoms with van der Waals surface area (Å²) < 4.78 is 0. The second kappa shape index (κ2) is 3.32. The van der Waals surface area contributed by atoms with Gasteiger partial charge in [-0.1, -0.05) is 0 Å². The summed E-state index contributed by atoms with van der Waals surface area (Å²) in [6.07, 6.45) is 0. The molecule has 0 atom stereocenters. The van der Waals surface area contributed by atoms with E-state index in [4.69, 9.17) is 17.2 Å². The molecule has 1 heterocycles. The van der Waals surface area contributed by atoms with Crippen LogP contribution in [-0.4, -0.2) is 4.98 Å². The van der Waals surface area contributed by atoms with Crippen LogP contribution in [0.5, 0.6) is 0 Å². The Morgan fingerprint density at radius 3 is 2.39 bits per heavy atom. The van der Waals surface area contributed by atoms with Gasteiger partial charge in [-0.15, -0.1) is 0 Å². The lowest BCUT2D eigenvalue weighted by molar-refractivity contribution is 1.45. The molecule has 0 bridgehead atoms. The third-order valence-electron chi connectivity index (χ3n) is 3.52. The van der Waals surface area contributed by atoms with Crippen LogP contribution in [0.2, 0.25) is 0 Å². The number of nitrogens with one attached hydrogen (secondary N) is 1. The molecule has 4 nitrogen and oxygen atoms in total. The summed E-state index contributed by atoms with van der Waals surface area (Å²) in [5.41, 5.74) is 24.3. The zero-order valence-corrected chi connectivity index (χ0v) is 10.5. The van der Waals surface area contributed by atoms with Gasteiger partial charge >= 0.3 is 0 Å². The number of anilines is 3. The lowest BCUT2D eigenvalue weighted by atomic mass is 10.0. The van der Waals surface area contributed by atoms with Crippen molar-refractivity contribution in [1.82, 2.24) is 4.98 Å². The van der Waals surface area contributed by atoms with E-state index in [-0.39, 0.29) is 0 Å². The monoisotopic (exact) mass is 240 g/mol. The number of nitrogens with two attached hydrogens (primary N) is 3. The number of H-pyrrole nitrogens is 1. The molecule has 7 N–H and O–H groups in total. The van der Waals surface area contributed by atoms with Gasteiger partial charge in [0.25, 0.3) is 0 Å². The molecule has 0 aliphatic carbocycles. The van der Waals surface area contributed by atoms with E-state index in [0.29, 0.717) is 11.4 Å². The van der Waals surface area contributed by atoms with Gasteiger partial charge in [-0.05, 0) is 43.2 Å². The lowest BCUT2D eigenvalue weighted by Crippen LogP contribution is -1.96. The van der Waals surface area contributed by atoms with Crippen LogP contribution >= 0.6 is 0 Å². The van der Waals surface area contributed by atoms with Gasteiger partial charge < -0.3 is 22.2 Å². The second-order valence-electron chi connectivity index (χ2n) is 4.83. The number of aromatic amines is 1. The van der Waals surface area contributed by atoms with Gasteiger partial charge in [0, 0.05) is 27.7 Å². The third kappa shape index (κ3) is 1.26. The molecule has 92 valence electrons. The first kappa shape index (κ1) is 10.8. The van der Waals surface area contributed by atoms with Crippen LogP contribution in [0, 0.1) is 13.8 Å². The van der Waals surface area contributed by atoms with Crippen molar-refractivity contribution in [3.05, 3.63) is 29.3 Å². The zero-order chi connectivity index (χ0) is 13.0. The number of hydrogen-bond donors (Lipinski definition) is 4. The summed E-state index contributed by atoms with van der Waals surface area (Å²) in [7, 11) is 0. The molecule has 0 radical (unpaired) electrons. The highest BCUT2D eigenvalue weighted by Crippen LogP contribution is 2.37. The summed E-state index contributed by atoms with van der Waals surface area (Å²) in [4.78, 5) is 3.34. The lowest BCUT2D eigenvalue weighted by Gasteiger charge is -2.06. The van der Waals surface area contributed by atoms with E-state index in [1.807, 2.05) is 26.0 Å². The van der Waals surface area contributed by atoms with E-state index in [2.05, 4.69) is 11.1 Å². The van der Waals surface area contributed by atoms with Crippen molar-refractivity contribution in [2.75, 3.05) is 17.2 Å². The minimum absolute atomic E-state index is 0.693. The highest BCUT2D eigenvalue weighted by molar-refractivity contribution is 6.17. The Morgan fingerprint density at radius 2 is 1.67 bits per heavy atom. The number of fused-ring (bicyclic) bond motifs is 3. The number of rotatable bonds is 0. The molecule has 1 aromatic heterocycles. The molecule has 0 aliphatic heterocycles. The number of benzene rings is 2. The summed E-state index contributed by atoms with van der Waals surface area (Å²) in [5, 5.41) is 1.98. The van der Waals surface area contributed by atoms with Crippen molar-refractivity contribution in [1.29, 1.82) is 0 Å². The molecule has 0 fully saturated rings. The first-order valence-electron chi connectivity index (χ1n) is 5.85. The van der Waals surface area contributed by atoms with E-state index in [0.717, 1.165) is 38.6 Å². The van der Waals surface area contributed by atoms with Crippen LogP contribution in [0.4, 0.5) is 17.1 Å². The van der Waals surface area contributed by atoms with Crippen molar-refractivity contribution in [3.63, 3.8) is 0 Å². The fraction of sp³-hybridized carbons (Fsp3) is 0.143. The molecule has 3 rings (SSSR count). The molecule has 2 aromatic carbocycles. The summed E-state index contributed by atoms with van der Waals surface area (Å²) in [6.45, 7) is 3.94. The molecule has 0 saturated heterocycles. The molecule has 0 aliphatic rings. The predicted molar refractivity (Wildman–Crippen MR) is 78.5 cm³/mol. The van der Waals surface area contributed by atoms with Crippen molar-refractivity contribution < 1.29 is 0 Å². The van der Waals surface area contributed by atoms with Gasteiger partial charge in [-0.2, -0.15) is 0 Å². The Bertz CT molecular complexity index is 784. The minimum atomic E-state index is 0.693. The average Bonchev–Trinajstić information content (AvgIpc) is 2.64. The number of hydrogen-bond acceptors (Lipinski definition) is 3. The normalized spacial score (nSPS) is 11.4. The maximum atomic E-state index is 6.12. The summed E-state index contributed by atoms with van der Waals surface area (Å²) >= 11 is 0. The minimum Gasteiger partial charge on any atom is -0.398 e. The van der Waals surface area contributed by atoms with Crippen LogP contribution in [0.3, 0.4) is 0 Å². The molecular formula is C14H16N4. The largest absolute Gasteiger partial charge is 0.398 e. The molecular weight excluding hydrogens is 224 g/mol. The van der Waals surface area contributed by atoms with Gasteiger partial charge in [0.15, 0.2) is 0 Å². The Labute approximate surface area is 105 Å². The SMILES string of the molecule is Cc1cc(N)c2c(c1)[nH]c1c(N)c(C)c(N)cc12. The second-order valence-corrected chi connectivity index (χ2v) is 4.83. The fourth-order valence-electron chi connectivity index (χ4n) is 2.50. The fourth-order valence-corrected chi connectivity index (χ4v) is 2.50. The smallest absolute Gasteiger partial charge is 0.0703 e. The molecule has 0 spiro atoms.